The monoisotopic (exact) mass is 482 g/mol. The molecule has 0 bridgehead atoms. The Bertz CT molecular complexity index is 1260. The zero-order valence-electron chi connectivity index (χ0n) is 19.7. The molecule has 0 unspecified atom stereocenters. The quantitative estimate of drug-likeness (QED) is 0.581. The molecule has 5 rings (SSSR count). The van der Waals surface area contributed by atoms with E-state index in [4.69, 9.17) is 14.5 Å². The molecule has 1 saturated heterocycles. The van der Waals surface area contributed by atoms with Gasteiger partial charge in [-0.1, -0.05) is 0 Å². The molecule has 3 heterocycles. The van der Waals surface area contributed by atoms with Crippen LogP contribution in [0.1, 0.15) is 46.4 Å². The van der Waals surface area contributed by atoms with Crippen LogP contribution in [0.4, 0.5) is 0 Å². The first kappa shape index (κ1) is 22.9. The summed E-state index contributed by atoms with van der Waals surface area (Å²) >= 11 is 1.68. The zero-order chi connectivity index (χ0) is 23.7. The van der Waals surface area contributed by atoms with Gasteiger partial charge in [0.2, 0.25) is 0 Å². The Labute approximate surface area is 202 Å². The Morgan fingerprint density at radius 2 is 1.94 bits per heavy atom. The maximum absolute atomic E-state index is 13.0. The minimum absolute atomic E-state index is 0.0156. The molecule has 3 aromatic rings. The van der Waals surface area contributed by atoms with E-state index in [0.29, 0.717) is 49.1 Å². The number of amides is 1. The number of piperazine rings is 1. The minimum atomic E-state index is -0.0161. The number of ether oxygens (including phenoxy) is 2. The summed E-state index contributed by atoms with van der Waals surface area (Å²) in [6, 6.07) is 5.31. The zero-order valence-corrected chi connectivity index (χ0v) is 20.5. The number of aryl methyl sites for hydroxylation is 2. The van der Waals surface area contributed by atoms with Crippen molar-refractivity contribution in [1.82, 2.24) is 19.8 Å². The van der Waals surface area contributed by atoms with E-state index in [9.17, 15) is 9.59 Å². The standard InChI is InChI=1S/C25H30N4O4S/c1-3-33-18-9-8-16(14-19(18)32-2)25(31)29-12-10-28(11-13-29)15-21-26-23(30)22-17-6-4-5-7-20(17)34-24(22)27-21/h8-9,14H,3-7,10-13,15H2,1-2H3,(H,26,27,30). The highest BCUT2D eigenvalue weighted by Gasteiger charge is 2.25. The number of aromatic nitrogens is 2. The molecule has 1 N–H and O–H groups in total. The number of methoxy groups -OCH3 is 1. The highest BCUT2D eigenvalue weighted by Crippen LogP contribution is 2.33. The molecule has 0 spiro atoms. The molecule has 1 aliphatic carbocycles. The summed E-state index contributed by atoms with van der Waals surface area (Å²) in [6.07, 6.45) is 4.38. The van der Waals surface area contributed by atoms with Gasteiger partial charge < -0.3 is 19.4 Å². The Hall–Kier alpha value is -2.91. The fourth-order valence-corrected chi connectivity index (χ4v) is 6.14. The van der Waals surface area contributed by atoms with Gasteiger partial charge in [0, 0.05) is 36.6 Å². The minimum Gasteiger partial charge on any atom is -0.493 e. The van der Waals surface area contributed by atoms with Gasteiger partial charge in [-0.2, -0.15) is 0 Å². The lowest BCUT2D eigenvalue weighted by Crippen LogP contribution is -2.48. The molecule has 2 aliphatic rings. The number of carbonyl (C=O) groups excluding carboxylic acids is 1. The summed E-state index contributed by atoms with van der Waals surface area (Å²) in [5.41, 5.74) is 1.79. The Morgan fingerprint density at radius 1 is 1.15 bits per heavy atom. The van der Waals surface area contributed by atoms with Crippen LogP contribution in [0.2, 0.25) is 0 Å². The van der Waals surface area contributed by atoms with E-state index >= 15 is 0 Å². The van der Waals surface area contributed by atoms with Crippen LogP contribution in [0.3, 0.4) is 0 Å². The molecular weight excluding hydrogens is 452 g/mol. The van der Waals surface area contributed by atoms with E-state index in [1.54, 1.807) is 36.6 Å². The van der Waals surface area contributed by atoms with Crippen molar-refractivity contribution in [3.8, 4) is 11.5 Å². The predicted octanol–water partition coefficient (Wildman–Crippen LogP) is 3.23. The lowest BCUT2D eigenvalue weighted by Gasteiger charge is -2.34. The molecule has 1 fully saturated rings. The molecule has 1 aliphatic heterocycles. The number of benzene rings is 1. The number of fused-ring (bicyclic) bond motifs is 3. The fraction of sp³-hybridized carbons (Fsp3) is 0.480. The second-order valence-electron chi connectivity index (χ2n) is 8.77. The van der Waals surface area contributed by atoms with Crippen LogP contribution >= 0.6 is 11.3 Å². The number of hydrogen-bond acceptors (Lipinski definition) is 7. The van der Waals surface area contributed by atoms with Gasteiger partial charge in [-0.05, 0) is 56.4 Å². The van der Waals surface area contributed by atoms with Crippen molar-refractivity contribution in [1.29, 1.82) is 0 Å². The molecule has 8 nitrogen and oxygen atoms in total. The summed E-state index contributed by atoms with van der Waals surface area (Å²) in [5, 5.41) is 0.796. The van der Waals surface area contributed by atoms with Crippen molar-refractivity contribution in [2.45, 2.75) is 39.2 Å². The van der Waals surface area contributed by atoms with E-state index in [1.165, 1.54) is 16.9 Å². The van der Waals surface area contributed by atoms with Gasteiger partial charge in [-0.3, -0.25) is 14.5 Å². The molecule has 1 amide bonds. The summed E-state index contributed by atoms with van der Waals surface area (Å²) in [5.74, 6) is 1.88. The Morgan fingerprint density at radius 3 is 2.71 bits per heavy atom. The maximum atomic E-state index is 13.0. The third kappa shape index (κ3) is 4.42. The van der Waals surface area contributed by atoms with Gasteiger partial charge in [-0.25, -0.2) is 4.98 Å². The van der Waals surface area contributed by atoms with Gasteiger partial charge in [0.1, 0.15) is 10.7 Å². The number of hydrogen-bond donors (Lipinski definition) is 1. The van der Waals surface area contributed by atoms with Crippen LogP contribution in [0, 0.1) is 0 Å². The first-order valence-corrected chi connectivity index (χ1v) is 12.7. The molecule has 0 saturated carbocycles. The summed E-state index contributed by atoms with van der Waals surface area (Å²) in [4.78, 5) is 39.9. The van der Waals surface area contributed by atoms with E-state index in [0.717, 1.165) is 42.6 Å². The second kappa shape index (κ2) is 9.76. The van der Waals surface area contributed by atoms with Crippen molar-refractivity contribution in [3.63, 3.8) is 0 Å². The Kier molecular flexibility index (Phi) is 6.56. The highest BCUT2D eigenvalue weighted by molar-refractivity contribution is 7.18. The van der Waals surface area contributed by atoms with Gasteiger partial charge in [0.05, 0.1) is 25.6 Å². The number of rotatable bonds is 6. The maximum Gasteiger partial charge on any atom is 0.259 e. The number of nitrogens with zero attached hydrogens (tertiary/aromatic N) is 3. The molecule has 180 valence electrons. The molecule has 2 aromatic heterocycles. The van der Waals surface area contributed by atoms with E-state index in [2.05, 4.69) is 9.88 Å². The summed E-state index contributed by atoms with van der Waals surface area (Å²) < 4.78 is 10.9. The van der Waals surface area contributed by atoms with Crippen LogP contribution in [-0.2, 0) is 19.4 Å². The van der Waals surface area contributed by atoms with Crippen molar-refractivity contribution >= 4 is 27.5 Å². The largest absolute Gasteiger partial charge is 0.493 e. The SMILES string of the molecule is CCOc1ccc(C(=O)N2CCN(Cc3nc4sc5c(c4c(=O)[nH]3)CCCC5)CC2)cc1OC. The number of nitrogens with one attached hydrogen (secondary N) is 1. The van der Waals surface area contributed by atoms with Gasteiger partial charge in [0.15, 0.2) is 11.5 Å². The number of aromatic amines is 1. The number of carbonyl (C=O) groups is 1. The normalized spacial score (nSPS) is 16.5. The first-order valence-electron chi connectivity index (χ1n) is 11.9. The molecule has 0 atom stereocenters. The number of H-pyrrole nitrogens is 1. The number of thiophene rings is 1. The molecular formula is C25H30N4O4S. The van der Waals surface area contributed by atoms with Crippen molar-refractivity contribution in [2.24, 2.45) is 0 Å². The average molecular weight is 483 g/mol. The topological polar surface area (TPSA) is 87.8 Å². The highest BCUT2D eigenvalue weighted by atomic mass is 32.1. The predicted molar refractivity (Wildman–Crippen MR) is 132 cm³/mol. The summed E-state index contributed by atoms with van der Waals surface area (Å²) in [7, 11) is 1.58. The van der Waals surface area contributed by atoms with Crippen LogP contribution in [0.25, 0.3) is 10.2 Å². The molecule has 0 radical (unpaired) electrons. The van der Waals surface area contributed by atoms with Crippen LogP contribution in [0.5, 0.6) is 11.5 Å². The van der Waals surface area contributed by atoms with Gasteiger partial charge >= 0.3 is 0 Å². The van der Waals surface area contributed by atoms with E-state index < -0.39 is 0 Å². The van der Waals surface area contributed by atoms with E-state index in [1.807, 2.05) is 11.8 Å². The second-order valence-corrected chi connectivity index (χ2v) is 9.85. The molecule has 34 heavy (non-hydrogen) atoms. The first-order chi connectivity index (χ1) is 16.6. The van der Waals surface area contributed by atoms with Crippen LogP contribution in [0.15, 0.2) is 23.0 Å². The van der Waals surface area contributed by atoms with E-state index in [-0.39, 0.29) is 11.5 Å². The smallest absolute Gasteiger partial charge is 0.259 e. The third-order valence-corrected chi connectivity index (χ3v) is 7.80. The lowest BCUT2D eigenvalue weighted by molar-refractivity contribution is 0.0625. The molecule has 9 heteroatoms. The van der Waals surface area contributed by atoms with Crippen molar-refractivity contribution in [2.75, 3.05) is 39.9 Å². The Balaban J connectivity index is 1.24. The van der Waals surface area contributed by atoms with Crippen molar-refractivity contribution < 1.29 is 14.3 Å². The fourth-order valence-electron chi connectivity index (χ4n) is 4.86. The van der Waals surface area contributed by atoms with Crippen molar-refractivity contribution in [3.05, 3.63) is 50.4 Å². The van der Waals surface area contributed by atoms with Crippen LogP contribution in [-0.4, -0.2) is 65.6 Å². The van der Waals surface area contributed by atoms with Gasteiger partial charge in [-0.15, -0.1) is 11.3 Å². The molecule has 1 aromatic carbocycles. The van der Waals surface area contributed by atoms with Crippen LogP contribution < -0.4 is 15.0 Å². The summed E-state index contributed by atoms with van der Waals surface area (Å²) in [6.45, 7) is 5.71. The lowest BCUT2D eigenvalue weighted by atomic mass is 9.97. The average Bonchev–Trinajstić information content (AvgIpc) is 3.23. The third-order valence-electron chi connectivity index (χ3n) is 6.62. The van der Waals surface area contributed by atoms with Gasteiger partial charge in [0.25, 0.3) is 11.5 Å².